The maximum absolute atomic E-state index is 13.9. The summed E-state index contributed by atoms with van der Waals surface area (Å²) in [5.41, 5.74) is 2.09. The number of aryl methyl sites for hydroxylation is 1. The molecule has 0 aliphatic carbocycles. The van der Waals surface area contributed by atoms with E-state index in [-0.39, 0.29) is 51.9 Å². The maximum atomic E-state index is 13.9. The summed E-state index contributed by atoms with van der Waals surface area (Å²) in [5, 5.41) is 33.0. The molecule has 0 amide bonds. The highest BCUT2D eigenvalue weighted by Crippen LogP contribution is 2.47. The Labute approximate surface area is 256 Å². The molecule has 3 aromatic rings. The van der Waals surface area contributed by atoms with Crippen LogP contribution in [0.15, 0.2) is 42.5 Å². The van der Waals surface area contributed by atoms with Gasteiger partial charge < -0.3 is 20.1 Å². The molecule has 3 rings (SSSR count). The van der Waals surface area contributed by atoms with Crippen LogP contribution in [-0.2, 0) is 27.5 Å². The summed E-state index contributed by atoms with van der Waals surface area (Å²) in [5.74, 6) is -0.898. The number of phenols is 3. The summed E-state index contributed by atoms with van der Waals surface area (Å²) in [4.78, 5) is 27.4. The fraction of sp³-hybridized carbons (Fsp3) is 0.459. The smallest absolute Gasteiger partial charge is 0.311 e. The number of hydrogen-bond donors (Lipinski definition) is 3. The number of hydrogen-bond acceptors (Lipinski definition) is 6. The van der Waals surface area contributed by atoms with E-state index in [1.165, 1.54) is 12.1 Å². The molecule has 232 valence electrons. The van der Waals surface area contributed by atoms with Gasteiger partial charge in [0.15, 0.2) is 0 Å². The zero-order valence-corrected chi connectivity index (χ0v) is 27.6. The van der Waals surface area contributed by atoms with E-state index in [4.69, 9.17) is 4.74 Å². The van der Waals surface area contributed by atoms with E-state index in [9.17, 15) is 24.9 Å². The molecule has 0 spiro atoms. The molecule has 43 heavy (non-hydrogen) atoms. The van der Waals surface area contributed by atoms with Crippen molar-refractivity contribution in [3.8, 4) is 23.0 Å². The van der Waals surface area contributed by atoms with Crippen molar-refractivity contribution in [1.29, 1.82) is 0 Å². The Morgan fingerprint density at radius 3 is 1.81 bits per heavy atom. The second-order valence-electron chi connectivity index (χ2n) is 14.8. The third-order valence-corrected chi connectivity index (χ3v) is 7.67. The Morgan fingerprint density at radius 1 is 0.744 bits per heavy atom. The number of carbonyl (C=O) groups excluding carboxylic acids is 2. The topological polar surface area (TPSA) is 104 Å². The third kappa shape index (κ3) is 7.41. The van der Waals surface area contributed by atoms with Crippen molar-refractivity contribution >= 4 is 11.8 Å². The largest absolute Gasteiger partial charge is 0.507 e. The minimum Gasteiger partial charge on any atom is -0.507 e. The first-order valence-electron chi connectivity index (χ1n) is 14.9. The number of ether oxygens (including phenoxy) is 1. The molecule has 0 aromatic heterocycles. The van der Waals surface area contributed by atoms with Gasteiger partial charge in [-0.1, -0.05) is 100 Å². The third-order valence-electron chi connectivity index (χ3n) is 7.67. The fourth-order valence-electron chi connectivity index (χ4n) is 5.29. The molecule has 3 N–H and O–H groups in total. The standard InChI is InChI=1S/C37H48O6/c1-21(2)24-18-22(19-26(32(24)41)35(3,4)5)16-17-29(39)43-34-25(31(40)23-14-12-13-15-28(23)38)20-27(36(6,7)8)33(42)30(34)37(9,10)11/h12-15,18-21,38,41-42H,16-17H2,1-11H3. The zero-order chi connectivity index (χ0) is 32.7. The van der Waals surface area contributed by atoms with E-state index >= 15 is 0 Å². The number of para-hydroxylation sites is 1. The SMILES string of the molecule is CC(C)c1cc(CCC(=O)Oc2c(C(=O)c3ccccc3O)cc(C(C)(C)C)c(O)c2C(C)(C)C)cc(C(C)(C)C)c1O. The van der Waals surface area contributed by atoms with E-state index in [0.717, 1.165) is 16.7 Å². The number of esters is 1. The van der Waals surface area contributed by atoms with Crippen LogP contribution in [0.1, 0.15) is 132 Å². The predicted octanol–water partition coefficient (Wildman–Crippen LogP) is 8.59. The highest BCUT2D eigenvalue weighted by atomic mass is 16.5. The van der Waals surface area contributed by atoms with E-state index < -0.39 is 22.6 Å². The Kier molecular flexibility index (Phi) is 9.45. The highest BCUT2D eigenvalue weighted by Gasteiger charge is 2.35. The minimum atomic E-state index is -0.695. The van der Waals surface area contributed by atoms with Gasteiger partial charge in [0.1, 0.15) is 23.0 Å². The summed E-state index contributed by atoms with van der Waals surface area (Å²) in [6.45, 7) is 21.6. The van der Waals surface area contributed by atoms with Crippen molar-refractivity contribution < 1.29 is 29.6 Å². The van der Waals surface area contributed by atoms with Crippen molar-refractivity contribution in [1.82, 2.24) is 0 Å². The number of ketones is 1. The predicted molar refractivity (Wildman–Crippen MR) is 172 cm³/mol. The molecule has 0 saturated carbocycles. The normalized spacial score (nSPS) is 12.5. The number of rotatable bonds is 7. The van der Waals surface area contributed by atoms with Gasteiger partial charge in [-0.25, -0.2) is 0 Å². The molecule has 0 bridgehead atoms. The molecule has 0 unspecified atom stereocenters. The highest BCUT2D eigenvalue weighted by molar-refractivity contribution is 6.13. The average molecular weight is 589 g/mol. The first kappa shape index (κ1) is 33.7. The Hall–Kier alpha value is -3.80. The lowest BCUT2D eigenvalue weighted by Crippen LogP contribution is -2.23. The molecule has 3 aromatic carbocycles. The van der Waals surface area contributed by atoms with Gasteiger partial charge in [0.05, 0.1) is 11.1 Å². The Bertz CT molecular complexity index is 1520. The molecule has 0 aliphatic rings. The first-order chi connectivity index (χ1) is 19.6. The van der Waals surface area contributed by atoms with Gasteiger partial charge >= 0.3 is 5.97 Å². The molecular weight excluding hydrogens is 540 g/mol. The first-order valence-corrected chi connectivity index (χ1v) is 14.9. The number of carbonyl (C=O) groups is 2. The number of benzene rings is 3. The van der Waals surface area contributed by atoms with Crippen LogP contribution in [-0.4, -0.2) is 27.1 Å². The lowest BCUT2D eigenvalue weighted by atomic mass is 9.77. The summed E-state index contributed by atoms with van der Waals surface area (Å²) >= 11 is 0. The van der Waals surface area contributed by atoms with Gasteiger partial charge in [0.25, 0.3) is 0 Å². The molecule has 0 atom stereocenters. The maximum Gasteiger partial charge on any atom is 0.311 e. The molecule has 0 aliphatic heterocycles. The average Bonchev–Trinajstić information content (AvgIpc) is 2.85. The second kappa shape index (κ2) is 12.1. The summed E-state index contributed by atoms with van der Waals surface area (Å²) in [6.07, 6.45) is 0.378. The van der Waals surface area contributed by atoms with Crippen molar-refractivity contribution in [3.05, 3.63) is 81.4 Å². The Balaban J connectivity index is 2.12. The van der Waals surface area contributed by atoms with Gasteiger partial charge in [-0.3, -0.25) is 9.59 Å². The van der Waals surface area contributed by atoms with Crippen LogP contribution in [0.25, 0.3) is 0 Å². The molecule has 0 radical (unpaired) electrons. The van der Waals surface area contributed by atoms with Crippen LogP contribution >= 0.6 is 0 Å². The van der Waals surface area contributed by atoms with Gasteiger partial charge in [-0.05, 0) is 63.5 Å². The molecule has 6 heteroatoms. The Morgan fingerprint density at radius 2 is 1.30 bits per heavy atom. The van der Waals surface area contributed by atoms with E-state index in [1.807, 2.05) is 88.3 Å². The van der Waals surface area contributed by atoms with Crippen molar-refractivity contribution in [3.63, 3.8) is 0 Å². The summed E-state index contributed by atoms with van der Waals surface area (Å²) < 4.78 is 6.00. The zero-order valence-electron chi connectivity index (χ0n) is 27.6. The van der Waals surface area contributed by atoms with Gasteiger partial charge in [-0.15, -0.1) is 0 Å². The number of aromatic hydroxyl groups is 3. The quantitative estimate of drug-likeness (QED) is 0.145. The van der Waals surface area contributed by atoms with Gasteiger partial charge in [0.2, 0.25) is 5.78 Å². The lowest BCUT2D eigenvalue weighted by Gasteiger charge is -2.30. The molecule has 0 fully saturated rings. The number of phenolic OH excluding ortho intramolecular Hbond substituents is 3. The van der Waals surface area contributed by atoms with Gasteiger partial charge in [0, 0.05) is 17.5 Å². The molecule has 6 nitrogen and oxygen atoms in total. The summed E-state index contributed by atoms with van der Waals surface area (Å²) in [6, 6.07) is 11.7. The van der Waals surface area contributed by atoms with Crippen molar-refractivity contribution in [2.24, 2.45) is 0 Å². The van der Waals surface area contributed by atoms with Crippen LogP contribution in [0.5, 0.6) is 23.0 Å². The van der Waals surface area contributed by atoms with Crippen LogP contribution in [0, 0.1) is 0 Å². The van der Waals surface area contributed by atoms with Gasteiger partial charge in [-0.2, -0.15) is 0 Å². The lowest BCUT2D eigenvalue weighted by molar-refractivity contribution is -0.134. The summed E-state index contributed by atoms with van der Waals surface area (Å²) in [7, 11) is 0. The van der Waals surface area contributed by atoms with Crippen molar-refractivity contribution in [2.45, 2.75) is 111 Å². The van der Waals surface area contributed by atoms with Crippen LogP contribution in [0.4, 0.5) is 0 Å². The second-order valence-corrected chi connectivity index (χ2v) is 14.8. The molecular formula is C37H48O6. The molecule has 0 heterocycles. The fourth-order valence-corrected chi connectivity index (χ4v) is 5.29. The van der Waals surface area contributed by atoms with Crippen molar-refractivity contribution in [2.75, 3.05) is 0 Å². The van der Waals surface area contributed by atoms with Crippen LogP contribution in [0.3, 0.4) is 0 Å². The van der Waals surface area contributed by atoms with E-state index in [1.54, 1.807) is 18.2 Å². The van der Waals surface area contributed by atoms with Crippen LogP contribution in [0.2, 0.25) is 0 Å². The van der Waals surface area contributed by atoms with Crippen LogP contribution < -0.4 is 4.74 Å². The monoisotopic (exact) mass is 588 g/mol. The van der Waals surface area contributed by atoms with E-state index in [0.29, 0.717) is 17.5 Å². The van der Waals surface area contributed by atoms with E-state index in [2.05, 4.69) is 0 Å². The minimum absolute atomic E-state index is 0.000194. The molecule has 0 saturated heterocycles.